The third kappa shape index (κ3) is 4.65. The van der Waals surface area contributed by atoms with Gasteiger partial charge in [0.1, 0.15) is 11.6 Å². The van der Waals surface area contributed by atoms with E-state index >= 15 is 0 Å². The maximum Gasteiger partial charge on any atom is 0.135 e. The summed E-state index contributed by atoms with van der Waals surface area (Å²) in [7, 11) is 0. The predicted molar refractivity (Wildman–Crippen MR) is 84.4 cm³/mol. The highest BCUT2D eigenvalue weighted by molar-refractivity contribution is 5.50. The van der Waals surface area contributed by atoms with Gasteiger partial charge in [0.2, 0.25) is 0 Å². The van der Waals surface area contributed by atoms with Crippen molar-refractivity contribution in [3.05, 3.63) is 59.7 Å². The molecule has 3 heteroatoms. The number of aryl methyl sites for hydroxylation is 1. The molecule has 0 aliphatic rings. The molecule has 20 heavy (non-hydrogen) atoms. The summed E-state index contributed by atoms with van der Waals surface area (Å²) >= 11 is 0. The van der Waals surface area contributed by atoms with Crippen molar-refractivity contribution in [3.8, 4) is 0 Å². The number of hydrogen-bond donors (Lipinski definition) is 0. The Morgan fingerprint density at radius 1 is 1.35 bits per heavy atom. The fraction of sp³-hybridized carbons (Fsp3) is 0.353. The van der Waals surface area contributed by atoms with Crippen molar-refractivity contribution in [1.82, 2.24) is 4.98 Å². The van der Waals surface area contributed by atoms with Gasteiger partial charge in [-0.25, -0.2) is 9.37 Å². The van der Waals surface area contributed by atoms with Crippen molar-refractivity contribution in [2.24, 2.45) is 0 Å². The van der Waals surface area contributed by atoms with E-state index in [1.165, 1.54) is 12.2 Å². The molecule has 1 aromatic heterocycles. The first-order chi connectivity index (χ1) is 9.45. The van der Waals surface area contributed by atoms with Crippen LogP contribution >= 0.6 is 0 Å². The van der Waals surface area contributed by atoms with Crippen molar-refractivity contribution >= 4 is 5.82 Å². The highest BCUT2D eigenvalue weighted by Crippen LogP contribution is 2.20. The maximum atomic E-state index is 13.1. The number of pyridine rings is 1. The van der Waals surface area contributed by atoms with E-state index in [2.05, 4.69) is 23.7 Å². The molecule has 0 unspecified atom stereocenters. The molecular formula is C17H23FN2. The van der Waals surface area contributed by atoms with Crippen LogP contribution in [0.15, 0.2) is 54.2 Å². The number of halogens is 1. The van der Waals surface area contributed by atoms with Crippen molar-refractivity contribution in [2.75, 3.05) is 4.90 Å². The second-order valence-electron chi connectivity index (χ2n) is 5.02. The molecule has 1 rings (SSSR count). The molecule has 0 atom stereocenters. The molecule has 0 radical (unpaired) electrons. The number of anilines is 1. The molecule has 0 spiro atoms. The quantitative estimate of drug-likeness (QED) is 0.707. The summed E-state index contributed by atoms with van der Waals surface area (Å²) in [6.45, 7) is 9.88. The lowest BCUT2D eigenvalue weighted by molar-refractivity contribution is 0.664. The van der Waals surface area contributed by atoms with Crippen molar-refractivity contribution in [3.63, 3.8) is 0 Å². The molecule has 0 amide bonds. The highest BCUT2D eigenvalue weighted by Gasteiger charge is 2.11. The smallest absolute Gasteiger partial charge is 0.135 e. The van der Waals surface area contributed by atoms with Crippen LogP contribution in [0.4, 0.5) is 10.2 Å². The second-order valence-corrected chi connectivity index (χ2v) is 5.02. The van der Waals surface area contributed by atoms with Crippen LogP contribution in [0.3, 0.4) is 0 Å². The van der Waals surface area contributed by atoms with E-state index in [4.69, 9.17) is 0 Å². The van der Waals surface area contributed by atoms with E-state index in [-0.39, 0.29) is 11.9 Å². The number of rotatable bonds is 5. The van der Waals surface area contributed by atoms with Crippen LogP contribution in [0.25, 0.3) is 0 Å². The van der Waals surface area contributed by atoms with Crippen LogP contribution in [-0.2, 0) is 0 Å². The summed E-state index contributed by atoms with van der Waals surface area (Å²) in [6, 6.07) is 4.24. The lowest BCUT2D eigenvalue weighted by atomic mass is 10.2. The van der Waals surface area contributed by atoms with Gasteiger partial charge in [0, 0.05) is 18.4 Å². The Kier molecular flexibility index (Phi) is 6.16. The molecule has 1 heterocycles. The highest BCUT2D eigenvalue weighted by atomic mass is 19.1. The standard InChI is InChI=1S/C17H23FN2/c1-6-16(18)10-9-14(4)12-20(13(2)3)17-15(5)8-7-11-19-17/h6-13H,1-5H3. The zero-order valence-corrected chi connectivity index (χ0v) is 12.9. The Bertz CT molecular complexity index is 528. The van der Waals surface area contributed by atoms with Gasteiger partial charge in [-0.3, -0.25) is 0 Å². The molecule has 1 aromatic rings. The lowest BCUT2D eigenvalue weighted by Crippen LogP contribution is -2.26. The van der Waals surface area contributed by atoms with Gasteiger partial charge in [0.05, 0.1) is 0 Å². The molecule has 108 valence electrons. The van der Waals surface area contributed by atoms with Gasteiger partial charge in [-0.2, -0.15) is 0 Å². The first-order valence-corrected chi connectivity index (χ1v) is 6.84. The number of nitrogens with zero attached hydrogens (tertiary/aromatic N) is 2. The number of aromatic nitrogens is 1. The van der Waals surface area contributed by atoms with E-state index in [0.717, 1.165) is 17.0 Å². The molecule has 0 saturated heterocycles. The van der Waals surface area contributed by atoms with Crippen LogP contribution in [0.1, 0.15) is 33.3 Å². The average molecular weight is 274 g/mol. The number of hydrogen-bond acceptors (Lipinski definition) is 2. The summed E-state index contributed by atoms with van der Waals surface area (Å²) in [6.07, 6.45) is 8.46. The minimum absolute atomic E-state index is 0.233. The Morgan fingerprint density at radius 3 is 2.60 bits per heavy atom. The molecule has 0 fully saturated rings. The predicted octanol–water partition coefficient (Wildman–Crippen LogP) is 4.94. The minimum atomic E-state index is -0.233. The van der Waals surface area contributed by atoms with E-state index in [1.807, 2.05) is 32.2 Å². The molecule has 0 aromatic carbocycles. The molecule has 0 saturated carbocycles. The summed E-state index contributed by atoms with van der Waals surface area (Å²) < 4.78 is 13.1. The van der Waals surface area contributed by atoms with Crippen LogP contribution in [0, 0.1) is 6.92 Å². The lowest BCUT2D eigenvalue weighted by Gasteiger charge is -2.26. The first-order valence-electron chi connectivity index (χ1n) is 6.84. The van der Waals surface area contributed by atoms with Crippen LogP contribution in [0.5, 0.6) is 0 Å². The third-order valence-corrected chi connectivity index (χ3v) is 2.91. The van der Waals surface area contributed by atoms with Gasteiger partial charge in [0.15, 0.2) is 0 Å². The third-order valence-electron chi connectivity index (χ3n) is 2.91. The summed E-state index contributed by atoms with van der Waals surface area (Å²) in [5.41, 5.74) is 2.09. The van der Waals surface area contributed by atoms with Crippen molar-refractivity contribution in [2.45, 2.75) is 40.7 Å². The van der Waals surface area contributed by atoms with Gasteiger partial charge in [-0.15, -0.1) is 0 Å². The zero-order chi connectivity index (χ0) is 15.1. The maximum absolute atomic E-state index is 13.1. The van der Waals surface area contributed by atoms with Crippen LogP contribution in [-0.4, -0.2) is 11.0 Å². The monoisotopic (exact) mass is 274 g/mol. The Balaban J connectivity index is 3.05. The minimum Gasteiger partial charge on any atom is -0.330 e. The number of allylic oxidation sites excluding steroid dienone is 5. The fourth-order valence-electron chi connectivity index (χ4n) is 1.77. The van der Waals surface area contributed by atoms with E-state index in [0.29, 0.717) is 0 Å². The molecule has 0 aliphatic heterocycles. The summed E-state index contributed by atoms with van der Waals surface area (Å²) in [5, 5.41) is 0. The van der Waals surface area contributed by atoms with Gasteiger partial charge >= 0.3 is 0 Å². The summed E-state index contributed by atoms with van der Waals surface area (Å²) in [5.74, 6) is 0.699. The molecular weight excluding hydrogens is 251 g/mol. The van der Waals surface area contributed by atoms with Gasteiger partial charge in [0.25, 0.3) is 0 Å². The Hall–Kier alpha value is -1.90. The van der Waals surface area contributed by atoms with Crippen molar-refractivity contribution in [1.29, 1.82) is 0 Å². The Labute approximate surface area is 121 Å². The van der Waals surface area contributed by atoms with E-state index < -0.39 is 0 Å². The van der Waals surface area contributed by atoms with E-state index in [1.54, 1.807) is 19.2 Å². The Morgan fingerprint density at radius 2 is 2.05 bits per heavy atom. The second kappa shape index (κ2) is 7.63. The first kappa shape index (κ1) is 16.2. The summed E-state index contributed by atoms with van der Waals surface area (Å²) in [4.78, 5) is 6.54. The van der Waals surface area contributed by atoms with Crippen LogP contribution < -0.4 is 4.90 Å². The van der Waals surface area contributed by atoms with Gasteiger partial charge in [-0.1, -0.05) is 18.2 Å². The SMILES string of the molecule is CC=C(F)C=CC(C)=CN(c1ncccc1C)C(C)C. The van der Waals surface area contributed by atoms with Crippen LogP contribution in [0.2, 0.25) is 0 Å². The topological polar surface area (TPSA) is 16.1 Å². The van der Waals surface area contributed by atoms with E-state index in [9.17, 15) is 4.39 Å². The van der Waals surface area contributed by atoms with Gasteiger partial charge in [-0.05, 0) is 57.9 Å². The molecule has 2 nitrogen and oxygen atoms in total. The van der Waals surface area contributed by atoms with Crippen molar-refractivity contribution < 1.29 is 4.39 Å². The fourth-order valence-corrected chi connectivity index (χ4v) is 1.77. The molecule has 0 bridgehead atoms. The van der Waals surface area contributed by atoms with Gasteiger partial charge < -0.3 is 4.90 Å². The normalized spacial score (nSPS) is 13.3. The zero-order valence-electron chi connectivity index (χ0n) is 12.9. The molecule has 0 N–H and O–H groups in total. The largest absolute Gasteiger partial charge is 0.330 e. The average Bonchev–Trinajstić information content (AvgIpc) is 2.42. The molecule has 0 aliphatic carbocycles.